The number of aromatic nitrogens is 2. The average Bonchev–Trinajstić information content (AvgIpc) is 2.81. The van der Waals surface area contributed by atoms with E-state index in [4.69, 9.17) is 4.42 Å². The van der Waals surface area contributed by atoms with Crippen LogP contribution in [0, 0.1) is 10.1 Å². The Labute approximate surface area is 117 Å². The Balaban J connectivity index is 2.55. The highest BCUT2D eigenvalue weighted by Crippen LogP contribution is 2.36. The minimum absolute atomic E-state index is 0.149. The van der Waals surface area contributed by atoms with Gasteiger partial charge in [0.15, 0.2) is 11.5 Å². The van der Waals surface area contributed by atoms with Crippen molar-refractivity contribution in [1.29, 1.82) is 0 Å². The lowest BCUT2D eigenvalue weighted by Gasteiger charge is -2.06. The van der Waals surface area contributed by atoms with E-state index in [1.165, 1.54) is 12.6 Å². The molecular weight excluding hydrogens is 316 g/mol. The number of nitrogens with one attached hydrogen (secondary N) is 1. The fraction of sp³-hybridized carbons (Fsp3) is 0.273. The van der Waals surface area contributed by atoms with Crippen molar-refractivity contribution in [1.82, 2.24) is 9.97 Å². The van der Waals surface area contributed by atoms with Gasteiger partial charge in [-0.1, -0.05) is 6.92 Å². The molecule has 100 valence electrons. The van der Waals surface area contributed by atoms with Crippen molar-refractivity contribution in [3.05, 3.63) is 33.2 Å². The molecule has 1 N–H and O–H groups in total. The molecule has 0 bridgehead atoms. The molecule has 2 rings (SSSR count). The maximum absolute atomic E-state index is 11.2. The van der Waals surface area contributed by atoms with E-state index in [0.29, 0.717) is 16.8 Å². The highest BCUT2D eigenvalue weighted by molar-refractivity contribution is 9.10. The fourth-order valence-electron chi connectivity index (χ4n) is 1.55. The maximum atomic E-state index is 11.2. The monoisotopic (exact) mass is 326 g/mol. The third-order valence-corrected chi connectivity index (χ3v) is 3.00. The lowest BCUT2D eigenvalue weighted by Crippen LogP contribution is -2.07. The van der Waals surface area contributed by atoms with Gasteiger partial charge in [-0.25, -0.2) is 9.97 Å². The van der Waals surface area contributed by atoms with Gasteiger partial charge in [-0.15, -0.1) is 0 Å². The van der Waals surface area contributed by atoms with Gasteiger partial charge in [0.05, 0.1) is 15.7 Å². The number of anilines is 1. The van der Waals surface area contributed by atoms with Crippen LogP contribution in [0.25, 0.3) is 11.5 Å². The number of halogens is 1. The van der Waals surface area contributed by atoms with E-state index in [1.807, 2.05) is 6.92 Å². The third-order valence-electron chi connectivity index (χ3n) is 2.38. The Morgan fingerprint density at radius 1 is 1.53 bits per heavy atom. The molecule has 0 atom stereocenters. The average molecular weight is 327 g/mol. The van der Waals surface area contributed by atoms with Crippen LogP contribution in [-0.4, -0.2) is 21.4 Å². The van der Waals surface area contributed by atoms with Gasteiger partial charge in [0.1, 0.15) is 6.33 Å². The minimum atomic E-state index is -0.512. The molecule has 7 nitrogen and oxygen atoms in total. The lowest BCUT2D eigenvalue weighted by molar-refractivity contribution is -0.383. The molecule has 8 heteroatoms. The molecule has 0 aliphatic carbocycles. The minimum Gasteiger partial charge on any atom is -0.461 e. The molecule has 0 aliphatic heterocycles. The summed E-state index contributed by atoms with van der Waals surface area (Å²) < 4.78 is 5.84. The van der Waals surface area contributed by atoms with Crippen molar-refractivity contribution >= 4 is 27.4 Å². The van der Waals surface area contributed by atoms with E-state index in [2.05, 4.69) is 31.2 Å². The summed E-state index contributed by atoms with van der Waals surface area (Å²) in [7, 11) is 0. The molecule has 0 spiro atoms. The molecule has 0 amide bonds. The fourth-order valence-corrected chi connectivity index (χ4v) is 1.94. The predicted octanol–water partition coefficient (Wildman–Crippen LogP) is 3.23. The van der Waals surface area contributed by atoms with Gasteiger partial charge in [0.2, 0.25) is 5.82 Å². The molecule has 2 heterocycles. The van der Waals surface area contributed by atoms with Gasteiger partial charge < -0.3 is 9.73 Å². The van der Waals surface area contributed by atoms with E-state index in [1.54, 1.807) is 6.07 Å². The summed E-state index contributed by atoms with van der Waals surface area (Å²) >= 11 is 3.27. The maximum Gasteiger partial charge on any atom is 0.340 e. The van der Waals surface area contributed by atoms with Crippen LogP contribution in [0.4, 0.5) is 11.5 Å². The van der Waals surface area contributed by atoms with Crippen LogP contribution in [0.2, 0.25) is 0 Å². The van der Waals surface area contributed by atoms with Crippen LogP contribution < -0.4 is 5.32 Å². The summed E-state index contributed by atoms with van der Waals surface area (Å²) in [6.07, 6.45) is 3.54. The first-order valence-electron chi connectivity index (χ1n) is 5.61. The molecule has 2 aromatic heterocycles. The highest BCUT2D eigenvalue weighted by atomic mass is 79.9. The molecule has 0 radical (unpaired) electrons. The highest BCUT2D eigenvalue weighted by Gasteiger charge is 2.26. The van der Waals surface area contributed by atoms with Gasteiger partial charge in [-0.2, -0.15) is 0 Å². The number of hydrogen-bond acceptors (Lipinski definition) is 6. The van der Waals surface area contributed by atoms with Crippen molar-refractivity contribution in [2.24, 2.45) is 0 Å². The van der Waals surface area contributed by atoms with Crippen LogP contribution in [0.3, 0.4) is 0 Å². The Kier molecular flexibility index (Phi) is 4.10. The van der Waals surface area contributed by atoms with Gasteiger partial charge in [-0.3, -0.25) is 10.1 Å². The van der Waals surface area contributed by atoms with Gasteiger partial charge in [0, 0.05) is 6.54 Å². The number of furan rings is 1. The second kappa shape index (κ2) is 5.79. The number of nitrogens with zero attached hydrogens (tertiary/aromatic N) is 3. The third kappa shape index (κ3) is 2.73. The zero-order valence-corrected chi connectivity index (χ0v) is 11.7. The van der Waals surface area contributed by atoms with E-state index in [-0.39, 0.29) is 17.2 Å². The first-order chi connectivity index (χ1) is 9.15. The van der Waals surface area contributed by atoms with E-state index in [0.717, 1.165) is 6.42 Å². The zero-order valence-electron chi connectivity index (χ0n) is 10.1. The summed E-state index contributed by atoms with van der Waals surface area (Å²) in [5, 5.41) is 14.2. The Hall–Kier alpha value is -1.96. The summed E-state index contributed by atoms with van der Waals surface area (Å²) in [4.78, 5) is 18.6. The number of nitro groups is 1. The Morgan fingerprint density at radius 2 is 2.32 bits per heavy atom. The molecule has 0 saturated heterocycles. The van der Waals surface area contributed by atoms with Crippen molar-refractivity contribution in [3.63, 3.8) is 0 Å². The molecule has 2 aromatic rings. The quantitative estimate of drug-likeness (QED) is 0.669. The zero-order chi connectivity index (χ0) is 13.8. The van der Waals surface area contributed by atoms with E-state index < -0.39 is 4.92 Å². The predicted molar refractivity (Wildman–Crippen MR) is 72.9 cm³/mol. The number of hydrogen-bond donors (Lipinski definition) is 1. The van der Waals surface area contributed by atoms with Crippen molar-refractivity contribution in [3.8, 4) is 11.5 Å². The summed E-state index contributed by atoms with van der Waals surface area (Å²) in [5.74, 6) is 0.508. The molecule has 0 saturated carbocycles. The molecule has 0 unspecified atom stereocenters. The van der Waals surface area contributed by atoms with Gasteiger partial charge in [0.25, 0.3) is 0 Å². The van der Waals surface area contributed by atoms with Crippen LogP contribution >= 0.6 is 15.9 Å². The molecule has 0 aromatic carbocycles. The normalized spacial score (nSPS) is 10.4. The lowest BCUT2D eigenvalue weighted by atomic mass is 10.2. The van der Waals surface area contributed by atoms with E-state index >= 15 is 0 Å². The largest absolute Gasteiger partial charge is 0.461 e. The summed E-state index contributed by atoms with van der Waals surface area (Å²) in [6.45, 7) is 2.56. The SMILES string of the molecule is CCCNc1ncnc(-c2occc2Br)c1[N+](=O)[O-]. The smallest absolute Gasteiger partial charge is 0.340 e. The Morgan fingerprint density at radius 3 is 2.89 bits per heavy atom. The second-order valence-electron chi connectivity index (χ2n) is 3.70. The second-order valence-corrected chi connectivity index (χ2v) is 4.56. The molecule has 0 fully saturated rings. The summed E-state index contributed by atoms with van der Waals surface area (Å²) in [6, 6.07) is 1.65. The van der Waals surface area contributed by atoms with Crippen LogP contribution in [0.15, 0.2) is 27.5 Å². The first kappa shape index (κ1) is 13.5. The van der Waals surface area contributed by atoms with Crippen LogP contribution in [0.5, 0.6) is 0 Å². The van der Waals surface area contributed by atoms with Gasteiger partial charge >= 0.3 is 5.69 Å². The van der Waals surface area contributed by atoms with Gasteiger partial charge in [-0.05, 0) is 28.4 Å². The topological polar surface area (TPSA) is 94.1 Å². The number of rotatable bonds is 5. The molecule has 19 heavy (non-hydrogen) atoms. The van der Waals surface area contributed by atoms with Crippen molar-refractivity contribution in [2.75, 3.05) is 11.9 Å². The van der Waals surface area contributed by atoms with Crippen LogP contribution in [0.1, 0.15) is 13.3 Å². The van der Waals surface area contributed by atoms with Crippen molar-refractivity contribution in [2.45, 2.75) is 13.3 Å². The molecular formula is C11H11BrN4O3. The molecule has 0 aliphatic rings. The van der Waals surface area contributed by atoms with E-state index in [9.17, 15) is 10.1 Å². The first-order valence-corrected chi connectivity index (χ1v) is 6.41. The van der Waals surface area contributed by atoms with Crippen molar-refractivity contribution < 1.29 is 9.34 Å². The Bertz CT molecular complexity index is 599. The van der Waals surface area contributed by atoms with Crippen LogP contribution in [-0.2, 0) is 0 Å². The standard InChI is InChI=1S/C11H11BrN4O3/c1-2-4-13-11-9(16(17)18)8(14-6-15-11)10-7(12)3-5-19-10/h3,5-6H,2,4H2,1H3,(H,13,14,15). The summed E-state index contributed by atoms with van der Waals surface area (Å²) in [5.41, 5.74) is -0.0397.